The van der Waals surface area contributed by atoms with Gasteiger partial charge in [0, 0.05) is 6.42 Å². The zero-order valence-corrected chi connectivity index (χ0v) is 39.4. The average Bonchev–Trinajstić information content (AvgIpc) is 3.32. The van der Waals surface area contributed by atoms with Crippen molar-refractivity contribution in [2.24, 2.45) is 0 Å². The molecule has 388 valence electrons. The minimum absolute atomic E-state index is 0.205. The first kappa shape index (κ1) is 59.1. The fourth-order valence-corrected chi connectivity index (χ4v) is 8.02. The first-order chi connectivity index (χ1) is 32.3. The van der Waals surface area contributed by atoms with Crippen molar-refractivity contribution in [3.63, 3.8) is 0 Å². The van der Waals surface area contributed by atoms with Gasteiger partial charge < -0.3 is 89.9 Å². The highest BCUT2D eigenvalue weighted by Gasteiger charge is 2.53. The Morgan fingerprint density at radius 2 is 1.03 bits per heavy atom. The molecular formula is C48H83NO18. The molecule has 19 nitrogen and oxygen atoms in total. The molecule has 67 heavy (non-hydrogen) atoms. The van der Waals surface area contributed by atoms with E-state index in [1.807, 2.05) is 6.08 Å². The largest absolute Gasteiger partial charge is 0.394 e. The van der Waals surface area contributed by atoms with Crippen LogP contribution in [0.1, 0.15) is 117 Å². The van der Waals surface area contributed by atoms with Gasteiger partial charge in [-0.05, 0) is 51.4 Å². The Labute approximate surface area is 395 Å². The van der Waals surface area contributed by atoms with Crippen molar-refractivity contribution in [1.29, 1.82) is 0 Å². The molecule has 0 spiro atoms. The lowest BCUT2D eigenvalue weighted by Gasteiger charge is -2.48. The molecule has 3 rings (SSSR count). The second-order valence-electron chi connectivity index (χ2n) is 17.5. The predicted molar refractivity (Wildman–Crippen MR) is 245 cm³/mol. The number of unbranched alkanes of at least 4 members (excludes halogenated alkanes) is 10. The summed E-state index contributed by atoms with van der Waals surface area (Å²) in [5.41, 5.74) is 0. The standard InChI is InChI=1S/C48H83NO18/c1-3-5-7-9-11-13-14-15-16-18-20-22-24-26-36(54)49-31(32(53)25-23-21-19-17-12-10-8-6-4-2)30-62-46-42(60)39(57)44(34(28-51)64-46)67-48-43(61)40(58)45(35(29-52)65-48)66-47-41(59)38(56)37(55)33(27-50)63-47/h5,7,11,13,15-16,23,25,31-35,37-48,50-53,55-61H,3-4,6,8-10,12,14,17-22,24,26-30H2,1-2H3,(H,49,54)/b7-5-,13-11-,16-15-,25-23+. The minimum Gasteiger partial charge on any atom is -0.394 e. The molecule has 0 aromatic heterocycles. The molecule has 0 aromatic rings. The average molecular weight is 962 g/mol. The van der Waals surface area contributed by atoms with Crippen molar-refractivity contribution >= 4 is 5.91 Å². The van der Waals surface area contributed by atoms with E-state index in [0.29, 0.717) is 6.42 Å². The van der Waals surface area contributed by atoms with Crippen LogP contribution in [0.3, 0.4) is 0 Å². The summed E-state index contributed by atoms with van der Waals surface area (Å²) in [6.07, 6.45) is 4.30. The molecule has 0 aliphatic carbocycles. The SMILES string of the molecule is CC/C=C\C/C=C\C/C=C\CCCCCC(=O)NC(COC1OC(CO)C(OC2OC(CO)C(OC3OC(CO)C(O)C(O)C3O)C(O)C2O)C(O)C1O)C(O)/C=C/CCCCCCCCC. The van der Waals surface area contributed by atoms with Crippen molar-refractivity contribution in [2.75, 3.05) is 26.4 Å². The Kier molecular flexibility index (Phi) is 29.4. The van der Waals surface area contributed by atoms with Crippen LogP contribution in [0.25, 0.3) is 0 Å². The van der Waals surface area contributed by atoms with Crippen molar-refractivity contribution in [2.45, 2.75) is 221 Å². The van der Waals surface area contributed by atoms with Gasteiger partial charge in [-0.15, -0.1) is 0 Å². The summed E-state index contributed by atoms with van der Waals surface area (Å²) in [5.74, 6) is -0.312. The molecule has 19 heteroatoms. The highest BCUT2D eigenvalue weighted by molar-refractivity contribution is 5.76. The van der Waals surface area contributed by atoms with Gasteiger partial charge >= 0.3 is 0 Å². The fraction of sp³-hybridized carbons (Fsp3) is 0.812. The number of amides is 1. The van der Waals surface area contributed by atoms with Gasteiger partial charge in [-0.25, -0.2) is 0 Å². The summed E-state index contributed by atoms with van der Waals surface area (Å²) in [5, 5.41) is 119. The second-order valence-corrected chi connectivity index (χ2v) is 17.5. The number of carbonyl (C=O) groups is 1. The number of nitrogens with one attached hydrogen (secondary N) is 1. The molecule has 3 aliphatic rings. The van der Waals surface area contributed by atoms with E-state index in [4.69, 9.17) is 28.4 Å². The fourth-order valence-electron chi connectivity index (χ4n) is 8.02. The molecule has 12 N–H and O–H groups in total. The maximum Gasteiger partial charge on any atom is 0.220 e. The van der Waals surface area contributed by atoms with Gasteiger partial charge in [0.15, 0.2) is 18.9 Å². The van der Waals surface area contributed by atoms with E-state index in [9.17, 15) is 61.0 Å². The van der Waals surface area contributed by atoms with Crippen LogP contribution in [0.2, 0.25) is 0 Å². The van der Waals surface area contributed by atoms with Crippen LogP contribution in [0.15, 0.2) is 48.6 Å². The minimum atomic E-state index is -1.98. The number of hydrogen-bond donors (Lipinski definition) is 12. The molecule has 0 saturated carbocycles. The van der Waals surface area contributed by atoms with Crippen molar-refractivity contribution < 1.29 is 89.4 Å². The third-order valence-corrected chi connectivity index (χ3v) is 12.1. The molecule has 0 radical (unpaired) electrons. The van der Waals surface area contributed by atoms with E-state index < -0.39 is 124 Å². The van der Waals surface area contributed by atoms with Gasteiger partial charge in [-0.3, -0.25) is 4.79 Å². The quantitative estimate of drug-likeness (QED) is 0.0328. The van der Waals surface area contributed by atoms with Gasteiger partial charge in [0.05, 0.1) is 38.6 Å². The Morgan fingerprint density at radius 3 is 1.61 bits per heavy atom. The van der Waals surface area contributed by atoms with E-state index in [1.54, 1.807) is 6.08 Å². The maximum absolute atomic E-state index is 13.1. The van der Waals surface area contributed by atoms with E-state index in [0.717, 1.165) is 64.2 Å². The number of hydrogen-bond acceptors (Lipinski definition) is 18. The Hall–Kier alpha value is -2.25. The van der Waals surface area contributed by atoms with Crippen molar-refractivity contribution in [3.8, 4) is 0 Å². The number of ether oxygens (including phenoxy) is 6. The van der Waals surface area contributed by atoms with Crippen LogP contribution < -0.4 is 5.32 Å². The first-order valence-electron chi connectivity index (χ1n) is 24.4. The molecular weight excluding hydrogens is 879 g/mol. The van der Waals surface area contributed by atoms with Crippen LogP contribution in [-0.2, 0) is 33.2 Å². The summed E-state index contributed by atoms with van der Waals surface area (Å²) in [6.45, 7) is 1.48. The monoisotopic (exact) mass is 962 g/mol. The molecule has 3 saturated heterocycles. The normalized spacial score (nSPS) is 33.9. The molecule has 17 atom stereocenters. The number of aliphatic hydroxyl groups excluding tert-OH is 11. The van der Waals surface area contributed by atoms with Crippen molar-refractivity contribution in [3.05, 3.63) is 48.6 Å². The van der Waals surface area contributed by atoms with Gasteiger partial charge in [-0.1, -0.05) is 107 Å². The molecule has 0 aromatic carbocycles. The first-order valence-corrected chi connectivity index (χ1v) is 24.4. The van der Waals surface area contributed by atoms with E-state index in [1.165, 1.54) is 25.7 Å². The van der Waals surface area contributed by atoms with Gasteiger partial charge in [-0.2, -0.15) is 0 Å². The van der Waals surface area contributed by atoms with Crippen LogP contribution in [0.4, 0.5) is 0 Å². The van der Waals surface area contributed by atoms with E-state index >= 15 is 0 Å². The lowest BCUT2D eigenvalue weighted by Crippen LogP contribution is -2.66. The Balaban J connectivity index is 1.59. The van der Waals surface area contributed by atoms with Gasteiger partial charge in [0.2, 0.25) is 5.91 Å². The lowest BCUT2D eigenvalue weighted by atomic mass is 9.96. The van der Waals surface area contributed by atoms with Gasteiger partial charge in [0.25, 0.3) is 0 Å². The Morgan fingerprint density at radius 1 is 0.552 bits per heavy atom. The van der Waals surface area contributed by atoms with Crippen LogP contribution in [-0.4, -0.2) is 193 Å². The molecule has 3 aliphatic heterocycles. The lowest BCUT2D eigenvalue weighted by molar-refractivity contribution is -0.379. The number of rotatable bonds is 32. The zero-order valence-electron chi connectivity index (χ0n) is 39.4. The van der Waals surface area contributed by atoms with E-state index in [-0.39, 0.29) is 18.9 Å². The number of carbonyl (C=O) groups excluding carboxylic acids is 1. The predicted octanol–water partition coefficient (Wildman–Crippen LogP) is 0.803. The molecule has 17 unspecified atom stereocenters. The molecule has 3 heterocycles. The number of allylic oxidation sites excluding steroid dienone is 7. The van der Waals surface area contributed by atoms with Gasteiger partial charge in [0.1, 0.15) is 73.2 Å². The van der Waals surface area contributed by atoms with Crippen LogP contribution in [0, 0.1) is 0 Å². The maximum atomic E-state index is 13.1. The molecule has 3 fully saturated rings. The summed E-state index contributed by atoms with van der Waals surface area (Å²) in [7, 11) is 0. The van der Waals surface area contributed by atoms with Crippen LogP contribution in [0.5, 0.6) is 0 Å². The summed E-state index contributed by atoms with van der Waals surface area (Å²) >= 11 is 0. The number of aliphatic hydroxyl groups is 11. The second kappa shape index (κ2) is 33.4. The molecule has 1 amide bonds. The van der Waals surface area contributed by atoms with Crippen molar-refractivity contribution in [1.82, 2.24) is 5.32 Å². The third-order valence-electron chi connectivity index (χ3n) is 12.1. The van der Waals surface area contributed by atoms with Crippen LogP contribution >= 0.6 is 0 Å². The topological polar surface area (TPSA) is 307 Å². The highest BCUT2D eigenvalue weighted by atomic mass is 16.8. The molecule has 0 bridgehead atoms. The smallest absolute Gasteiger partial charge is 0.220 e. The summed E-state index contributed by atoms with van der Waals surface area (Å²) in [4.78, 5) is 13.1. The zero-order chi connectivity index (χ0) is 49.1. The Bertz CT molecular complexity index is 1430. The van der Waals surface area contributed by atoms with E-state index in [2.05, 4.69) is 55.6 Å². The summed E-state index contributed by atoms with van der Waals surface area (Å²) < 4.78 is 34.0. The summed E-state index contributed by atoms with van der Waals surface area (Å²) in [6, 6.07) is -0.985. The highest BCUT2D eigenvalue weighted by Crippen LogP contribution is 2.33. The third kappa shape index (κ3) is 19.8.